The summed E-state index contributed by atoms with van der Waals surface area (Å²) in [6.45, 7) is 4.23. The molecule has 0 unspecified atom stereocenters. The fraction of sp³-hybridized carbons (Fsp3) is 0.750. The molecule has 0 aliphatic heterocycles. The van der Waals surface area contributed by atoms with Crippen LogP contribution in [0.1, 0.15) is 13.8 Å². The van der Waals surface area contributed by atoms with Gasteiger partial charge in [0.05, 0.1) is 0 Å². The quantitative estimate of drug-likeness (QED) is 0.433. The molecule has 0 aromatic rings. The van der Waals surface area contributed by atoms with Crippen LogP contribution < -0.4 is 0 Å². The molecule has 0 aliphatic rings. The summed E-state index contributed by atoms with van der Waals surface area (Å²) in [5.41, 5.74) is 0. The Labute approximate surface area is 36.4 Å². The lowest BCUT2D eigenvalue weighted by Crippen LogP contribution is -1.79. The van der Waals surface area contributed by atoms with Crippen LogP contribution in [0.4, 0.5) is 0 Å². The first-order valence-electron chi connectivity index (χ1n) is 2.06. The van der Waals surface area contributed by atoms with E-state index in [4.69, 9.17) is 0 Å². The Hall–Kier alpha value is 0.217. The predicted molar refractivity (Wildman–Crippen MR) is 27.9 cm³/mol. The van der Waals surface area contributed by atoms with Gasteiger partial charge in [-0.3, -0.25) is 0 Å². The van der Waals surface area contributed by atoms with E-state index in [2.05, 4.69) is 13.0 Å². The van der Waals surface area contributed by atoms with Crippen LogP contribution in [0.15, 0.2) is 0 Å². The molecule has 0 N–H and O–H groups in total. The number of hydrogen-bond acceptors (Lipinski definition) is 0. The van der Waals surface area contributed by atoms with Gasteiger partial charge in [-0.25, -0.2) is 0 Å². The fourth-order valence-electron chi connectivity index (χ4n) is 0.250. The van der Waals surface area contributed by atoms with Gasteiger partial charge < -0.3 is 0 Å². The summed E-state index contributed by atoms with van der Waals surface area (Å²) in [6.07, 6.45) is 0. The highest BCUT2D eigenvalue weighted by Gasteiger charge is 1.71. The van der Waals surface area contributed by atoms with E-state index in [1.54, 1.807) is 0 Å². The monoisotopic (exact) mass is 86.1 g/mol. The van der Waals surface area contributed by atoms with Crippen LogP contribution in [0, 0.1) is 6.04 Å². The van der Waals surface area contributed by atoms with Crippen molar-refractivity contribution in [1.82, 2.24) is 0 Å². The zero-order valence-corrected chi connectivity index (χ0v) is 5.33. The molecule has 5 heavy (non-hydrogen) atoms. The average Bonchev–Trinajstić information content (AvgIpc) is 1.41. The molecule has 0 nitrogen and oxygen atoms in total. The van der Waals surface area contributed by atoms with Crippen LogP contribution in [0.25, 0.3) is 0 Å². The van der Waals surface area contributed by atoms with Crippen molar-refractivity contribution >= 4 is 9.52 Å². The molecule has 0 atom stereocenters. The molecule has 0 aromatic heterocycles. The maximum atomic E-state index is 3.16. The van der Waals surface area contributed by atoms with E-state index in [0.717, 1.165) is 0 Å². The Morgan fingerprint density at radius 1 is 1.80 bits per heavy atom. The van der Waals surface area contributed by atoms with Gasteiger partial charge in [-0.05, 0) is 6.04 Å². The SMILES string of the molecule is C[C][SiH2]CC. The van der Waals surface area contributed by atoms with Crippen molar-refractivity contribution in [2.24, 2.45) is 0 Å². The van der Waals surface area contributed by atoms with Crippen molar-refractivity contribution in [3.05, 3.63) is 6.04 Å². The third kappa shape index (κ3) is 4.22. The Kier molecular flexibility index (Phi) is 4.40. The molecular weight excluding hydrogens is 76.1 g/mol. The van der Waals surface area contributed by atoms with Gasteiger partial charge in [-0.1, -0.05) is 19.9 Å². The summed E-state index contributed by atoms with van der Waals surface area (Å²) in [7, 11) is 0.182. The van der Waals surface area contributed by atoms with E-state index in [9.17, 15) is 0 Å². The van der Waals surface area contributed by atoms with Gasteiger partial charge >= 0.3 is 0 Å². The van der Waals surface area contributed by atoms with Crippen molar-refractivity contribution in [3.8, 4) is 0 Å². The standard InChI is InChI=1S/C4H10Si/c1-3-5-4-2/h3,5H2,1-2H3. The topological polar surface area (TPSA) is 0 Å². The van der Waals surface area contributed by atoms with Gasteiger partial charge in [0.1, 0.15) is 0 Å². The van der Waals surface area contributed by atoms with Gasteiger partial charge in [0.2, 0.25) is 0 Å². The summed E-state index contributed by atoms with van der Waals surface area (Å²) < 4.78 is 0. The van der Waals surface area contributed by atoms with E-state index >= 15 is 0 Å². The molecule has 0 bridgehead atoms. The molecule has 0 aliphatic carbocycles. The van der Waals surface area contributed by atoms with Crippen LogP contribution in [-0.4, -0.2) is 9.52 Å². The minimum atomic E-state index is 0.182. The second kappa shape index (κ2) is 4.22. The highest BCUT2D eigenvalue weighted by Crippen LogP contribution is 1.73. The molecule has 0 aromatic carbocycles. The number of hydrogen-bond donors (Lipinski definition) is 0. The molecule has 0 rings (SSSR count). The summed E-state index contributed by atoms with van der Waals surface area (Å²) in [5, 5.41) is 0. The summed E-state index contributed by atoms with van der Waals surface area (Å²) in [4.78, 5) is 0. The van der Waals surface area contributed by atoms with Gasteiger partial charge in [0, 0.05) is 9.52 Å². The highest BCUT2D eigenvalue weighted by molar-refractivity contribution is 6.39. The molecule has 2 radical (unpaired) electrons. The second-order valence-corrected chi connectivity index (χ2v) is 3.31. The summed E-state index contributed by atoms with van der Waals surface area (Å²) in [6, 6.07) is 4.53. The van der Waals surface area contributed by atoms with E-state index in [-0.39, 0.29) is 9.52 Å². The largest absolute Gasteiger partial charge is 0.0683 e. The van der Waals surface area contributed by atoms with Crippen molar-refractivity contribution < 1.29 is 0 Å². The van der Waals surface area contributed by atoms with Gasteiger partial charge in [-0.15, -0.1) is 0 Å². The van der Waals surface area contributed by atoms with E-state index in [1.807, 2.05) is 6.92 Å². The summed E-state index contributed by atoms with van der Waals surface area (Å²) >= 11 is 0. The maximum absolute atomic E-state index is 3.16. The molecule has 0 amide bonds. The Balaban J connectivity index is 2.19. The zero-order valence-electron chi connectivity index (χ0n) is 3.91. The lowest BCUT2D eigenvalue weighted by Gasteiger charge is -1.76. The average molecular weight is 86.2 g/mol. The third-order valence-electron chi connectivity index (χ3n) is 0.500. The van der Waals surface area contributed by atoms with Gasteiger partial charge in [0.15, 0.2) is 0 Å². The Morgan fingerprint density at radius 3 is 2.40 bits per heavy atom. The molecule has 1 heteroatoms. The highest BCUT2D eigenvalue weighted by atomic mass is 28.2. The minimum Gasteiger partial charge on any atom is -0.0683 e. The van der Waals surface area contributed by atoms with E-state index < -0.39 is 0 Å². The predicted octanol–water partition coefficient (Wildman–Crippen LogP) is 0.652. The second-order valence-electron chi connectivity index (χ2n) is 1.10. The third-order valence-corrected chi connectivity index (χ3v) is 1.50. The van der Waals surface area contributed by atoms with Gasteiger partial charge in [-0.2, -0.15) is 0 Å². The first-order valence-corrected chi connectivity index (χ1v) is 3.77. The van der Waals surface area contributed by atoms with E-state index in [0.29, 0.717) is 0 Å². The fourth-order valence-corrected chi connectivity index (χ4v) is 0.750. The first kappa shape index (κ1) is 5.22. The van der Waals surface area contributed by atoms with Crippen molar-refractivity contribution in [1.29, 1.82) is 0 Å². The minimum absolute atomic E-state index is 0.182. The van der Waals surface area contributed by atoms with Crippen LogP contribution in [0.5, 0.6) is 0 Å². The molecular formula is C4H10Si. The molecule has 0 spiro atoms. The molecule has 0 saturated carbocycles. The van der Waals surface area contributed by atoms with Crippen LogP contribution >= 0.6 is 0 Å². The molecule has 0 heterocycles. The lowest BCUT2D eigenvalue weighted by atomic mass is 11.0. The number of rotatable bonds is 2. The van der Waals surface area contributed by atoms with Gasteiger partial charge in [0.25, 0.3) is 0 Å². The first-order chi connectivity index (χ1) is 2.41. The zero-order chi connectivity index (χ0) is 4.12. The Morgan fingerprint density at radius 2 is 2.40 bits per heavy atom. The lowest BCUT2D eigenvalue weighted by molar-refractivity contribution is 1.44. The van der Waals surface area contributed by atoms with Crippen molar-refractivity contribution in [2.45, 2.75) is 19.9 Å². The molecule has 30 valence electrons. The molecule has 0 saturated heterocycles. The normalized spacial score (nSPS) is 8.40. The van der Waals surface area contributed by atoms with Crippen molar-refractivity contribution in [3.63, 3.8) is 0 Å². The molecule has 0 fully saturated rings. The van der Waals surface area contributed by atoms with Crippen LogP contribution in [0.3, 0.4) is 0 Å². The summed E-state index contributed by atoms with van der Waals surface area (Å²) in [5.74, 6) is 0. The maximum Gasteiger partial charge on any atom is 0.0271 e. The smallest absolute Gasteiger partial charge is 0.0271 e. The Bertz CT molecular complexity index is 11.1. The van der Waals surface area contributed by atoms with Crippen molar-refractivity contribution in [2.75, 3.05) is 0 Å². The van der Waals surface area contributed by atoms with Crippen LogP contribution in [-0.2, 0) is 0 Å². The van der Waals surface area contributed by atoms with Crippen LogP contribution in [0.2, 0.25) is 6.04 Å². The van der Waals surface area contributed by atoms with E-state index in [1.165, 1.54) is 6.04 Å².